The summed E-state index contributed by atoms with van der Waals surface area (Å²) in [5, 5.41) is 9.55. The van der Waals surface area contributed by atoms with Crippen LogP contribution in [-0.2, 0) is 11.2 Å². The molecule has 0 saturated carbocycles. The fourth-order valence-electron chi connectivity index (χ4n) is 2.19. The Kier molecular flexibility index (Phi) is 4.90. The quantitative estimate of drug-likeness (QED) is 0.897. The van der Waals surface area contributed by atoms with Gasteiger partial charge in [0.05, 0.1) is 12.8 Å². The number of nitrogens with zero attached hydrogens (tertiary/aromatic N) is 2. The van der Waals surface area contributed by atoms with E-state index in [1.807, 2.05) is 24.3 Å². The maximum Gasteiger partial charge on any atom is 0.312 e. The zero-order valence-corrected chi connectivity index (χ0v) is 13.3. The van der Waals surface area contributed by atoms with E-state index in [0.29, 0.717) is 23.6 Å². The van der Waals surface area contributed by atoms with Gasteiger partial charge < -0.3 is 9.84 Å². The van der Waals surface area contributed by atoms with Crippen LogP contribution in [-0.4, -0.2) is 28.2 Å². The van der Waals surface area contributed by atoms with Crippen LogP contribution in [0.1, 0.15) is 22.7 Å². The van der Waals surface area contributed by atoms with Gasteiger partial charge in [0.1, 0.15) is 12.2 Å². The first-order valence-corrected chi connectivity index (χ1v) is 7.15. The number of carboxylic acids is 1. The molecule has 0 fully saturated rings. The predicted molar refractivity (Wildman–Crippen MR) is 81.5 cm³/mol. The van der Waals surface area contributed by atoms with Crippen molar-refractivity contribution in [2.75, 3.05) is 7.11 Å². The van der Waals surface area contributed by atoms with Gasteiger partial charge in [0.15, 0.2) is 0 Å². The fraction of sp³-hybridized carbons (Fsp3) is 0.267. The molecule has 6 heteroatoms. The van der Waals surface area contributed by atoms with Crippen molar-refractivity contribution in [1.82, 2.24) is 9.97 Å². The summed E-state index contributed by atoms with van der Waals surface area (Å²) in [7, 11) is 1.50. The highest BCUT2D eigenvalue weighted by atomic mass is 79.9. The molecule has 2 aromatic rings. The van der Waals surface area contributed by atoms with Gasteiger partial charge in [-0.25, -0.2) is 9.97 Å². The number of aromatic nitrogens is 2. The molecule has 1 aromatic heterocycles. The minimum Gasteiger partial charge on any atom is -0.481 e. The van der Waals surface area contributed by atoms with Crippen LogP contribution in [0.5, 0.6) is 5.88 Å². The molecule has 2 rings (SSSR count). The summed E-state index contributed by atoms with van der Waals surface area (Å²) in [6.45, 7) is 1.77. The summed E-state index contributed by atoms with van der Waals surface area (Å²) >= 11 is 3.44. The molecule has 110 valence electrons. The van der Waals surface area contributed by atoms with E-state index in [4.69, 9.17) is 4.74 Å². The van der Waals surface area contributed by atoms with Crippen LogP contribution in [0.2, 0.25) is 0 Å². The van der Waals surface area contributed by atoms with Gasteiger partial charge in [0, 0.05) is 10.0 Å². The summed E-state index contributed by atoms with van der Waals surface area (Å²) < 4.78 is 6.02. The van der Waals surface area contributed by atoms with Gasteiger partial charge >= 0.3 is 5.97 Å². The third-order valence-electron chi connectivity index (χ3n) is 3.28. The highest BCUT2D eigenvalue weighted by Crippen LogP contribution is 2.28. The fourth-order valence-corrected chi connectivity index (χ4v) is 2.64. The average Bonchev–Trinajstić information content (AvgIpc) is 2.47. The first-order chi connectivity index (χ1) is 10.0. The molecule has 1 unspecified atom stereocenters. The van der Waals surface area contributed by atoms with Gasteiger partial charge in [-0.3, -0.25) is 4.79 Å². The normalized spacial score (nSPS) is 12.0. The molecular weight excluding hydrogens is 336 g/mol. The second kappa shape index (κ2) is 6.67. The number of benzene rings is 1. The minimum atomic E-state index is -0.922. The second-order valence-electron chi connectivity index (χ2n) is 4.58. The zero-order chi connectivity index (χ0) is 15.4. The Hall–Kier alpha value is -1.95. The van der Waals surface area contributed by atoms with Crippen LogP contribution in [0.3, 0.4) is 0 Å². The molecule has 0 aliphatic rings. The summed E-state index contributed by atoms with van der Waals surface area (Å²) in [6.07, 6.45) is 1.68. The molecule has 1 atom stereocenters. The van der Waals surface area contributed by atoms with Gasteiger partial charge in [0.2, 0.25) is 5.88 Å². The Balaban J connectivity index is 2.41. The van der Waals surface area contributed by atoms with Crippen molar-refractivity contribution in [2.24, 2.45) is 0 Å². The molecular formula is C15H15BrN2O3. The molecule has 0 spiro atoms. The molecule has 1 heterocycles. The lowest BCUT2D eigenvalue weighted by molar-refractivity contribution is -0.138. The third kappa shape index (κ3) is 3.39. The molecule has 21 heavy (non-hydrogen) atoms. The Morgan fingerprint density at radius 2 is 2.10 bits per heavy atom. The van der Waals surface area contributed by atoms with Crippen molar-refractivity contribution in [3.63, 3.8) is 0 Å². The van der Waals surface area contributed by atoms with Gasteiger partial charge in [-0.2, -0.15) is 0 Å². The topological polar surface area (TPSA) is 72.3 Å². The van der Waals surface area contributed by atoms with Crippen LogP contribution in [0.25, 0.3) is 0 Å². The van der Waals surface area contributed by atoms with Crippen molar-refractivity contribution in [3.05, 3.63) is 51.9 Å². The van der Waals surface area contributed by atoms with Crippen LogP contribution < -0.4 is 4.74 Å². The molecule has 1 aromatic carbocycles. The predicted octanol–water partition coefficient (Wildman–Crippen LogP) is 2.97. The Morgan fingerprint density at radius 3 is 2.71 bits per heavy atom. The lowest BCUT2D eigenvalue weighted by Crippen LogP contribution is -2.18. The Labute approximate surface area is 131 Å². The van der Waals surface area contributed by atoms with Gasteiger partial charge in [-0.15, -0.1) is 0 Å². The van der Waals surface area contributed by atoms with Crippen LogP contribution >= 0.6 is 15.9 Å². The molecule has 0 amide bonds. The molecule has 1 N–H and O–H groups in total. The number of ether oxygens (including phenoxy) is 1. The minimum absolute atomic E-state index is 0.345. The number of halogens is 1. The number of aliphatic carboxylic acids is 1. The number of carbonyl (C=O) groups is 1. The SMILES string of the molecule is COc1ncnc(C(Cc2ccccc2Br)C(=O)O)c1C. The van der Waals surface area contributed by atoms with Gasteiger partial charge in [-0.1, -0.05) is 34.1 Å². The van der Waals surface area contributed by atoms with Gasteiger partial charge in [-0.05, 0) is 25.0 Å². The smallest absolute Gasteiger partial charge is 0.312 e. The summed E-state index contributed by atoms with van der Waals surface area (Å²) in [4.78, 5) is 19.8. The number of hydrogen-bond donors (Lipinski definition) is 1. The van der Waals surface area contributed by atoms with Crippen molar-refractivity contribution < 1.29 is 14.6 Å². The Morgan fingerprint density at radius 1 is 1.38 bits per heavy atom. The van der Waals surface area contributed by atoms with Crippen molar-refractivity contribution in [1.29, 1.82) is 0 Å². The Bertz CT molecular complexity index is 661. The van der Waals surface area contributed by atoms with Crippen LogP contribution in [0.15, 0.2) is 35.1 Å². The summed E-state index contributed by atoms with van der Waals surface area (Å²) in [6, 6.07) is 7.56. The maximum absolute atomic E-state index is 11.7. The lowest BCUT2D eigenvalue weighted by Gasteiger charge is -2.16. The number of methoxy groups -OCH3 is 1. The van der Waals surface area contributed by atoms with E-state index in [1.54, 1.807) is 6.92 Å². The number of hydrogen-bond acceptors (Lipinski definition) is 4. The highest BCUT2D eigenvalue weighted by molar-refractivity contribution is 9.10. The average molecular weight is 351 g/mol. The zero-order valence-electron chi connectivity index (χ0n) is 11.7. The molecule has 5 nitrogen and oxygen atoms in total. The van der Waals surface area contributed by atoms with E-state index in [1.165, 1.54) is 13.4 Å². The van der Waals surface area contributed by atoms with Gasteiger partial charge in [0.25, 0.3) is 0 Å². The summed E-state index contributed by atoms with van der Waals surface area (Å²) in [5.41, 5.74) is 2.05. The molecule has 0 radical (unpaired) electrons. The van der Waals surface area contributed by atoms with E-state index in [9.17, 15) is 9.90 Å². The molecule has 0 aliphatic heterocycles. The van der Waals surface area contributed by atoms with Crippen molar-refractivity contribution in [2.45, 2.75) is 19.3 Å². The maximum atomic E-state index is 11.7. The van der Waals surface area contributed by atoms with E-state index in [0.717, 1.165) is 10.0 Å². The monoisotopic (exact) mass is 350 g/mol. The van der Waals surface area contributed by atoms with Crippen LogP contribution in [0.4, 0.5) is 0 Å². The first-order valence-electron chi connectivity index (χ1n) is 6.36. The second-order valence-corrected chi connectivity index (χ2v) is 5.43. The molecule has 0 bridgehead atoms. The standard InChI is InChI=1S/C15H15BrN2O3/c1-9-13(17-8-18-14(9)21-2)11(15(19)20)7-10-5-3-4-6-12(10)16/h3-6,8,11H,7H2,1-2H3,(H,19,20). The van der Waals surface area contributed by atoms with E-state index in [-0.39, 0.29) is 0 Å². The largest absolute Gasteiger partial charge is 0.481 e. The van der Waals surface area contributed by atoms with E-state index < -0.39 is 11.9 Å². The van der Waals surface area contributed by atoms with Crippen molar-refractivity contribution in [3.8, 4) is 5.88 Å². The third-order valence-corrected chi connectivity index (χ3v) is 4.05. The lowest BCUT2D eigenvalue weighted by atomic mass is 9.93. The highest BCUT2D eigenvalue weighted by Gasteiger charge is 2.26. The van der Waals surface area contributed by atoms with Crippen LogP contribution in [0, 0.1) is 6.92 Å². The van der Waals surface area contributed by atoms with E-state index >= 15 is 0 Å². The molecule has 0 aliphatic carbocycles. The van der Waals surface area contributed by atoms with Crippen molar-refractivity contribution >= 4 is 21.9 Å². The molecule has 0 saturated heterocycles. The first kappa shape index (κ1) is 15.4. The summed E-state index contributed by atoms with van der Waals surface area (Å²) in [5.74, 6) is -1.27. The van der Waals surface area contributed by atoms with E-state index in [2.05, 4.69) is 25.9 Å². The number of rotatable bonds is 5. The number of carboxylic acid groups (broad SMARTS) is 1.